The van der Waals surface area contributed by atoms with E-state index in [-0.39, 0.29) is 5.56 Å². The van der Waals surface area contributed by atoms with E-state index in [0.717, 1.165) is 5.56 Å². The van der Waals surface area contributed by atoms with Crippen LogP contribution in [0, 0.1) is 0 Å². The Morgan fingerprint density at radius 1 is 1.27 bits per heavy atom. The molecule has 0 aliphatic heterocycles. The minimum atomic E-state index is -0.946. The molecule has 0 unspecified atom stereocenters. The lowest BCUT2D eigenvalue weighted by atomic mass is 10.1. The smallest absolute Gasteiger partial charge is 0.335 e. The van der Waals surface area contributed by atoms with E-state index in [9.17, 15) is 4.79 Å². The van der Waals surface area contributed by atoms with Crippen molar-refractivity contribution in [3.05, 3.63) is 29.8 Å². The van der Waals surface area contributed by atoms with E-state index >= 15 is 0 Å². The molecule has 2 rings (SSSR count). The quantitative estimate of drug-likeness (QED) is 0.801. The Morgan fingerprint density at radius 3 is 2.40 bits per heavy atom. The van der Waals surface area contributed by atoms with Crippen molar-refractivity contribution in [2.24, 2.45) is 0 Å². The lowest BCUT2D eigenvalue weighted by Gasteiger charge is -1.96. The third kappa shape index (κ3) is 1.94. The second kappa shape index (κ2) is 3.66. The van der Waals surface area contributed by atoms with Gasteiger partial charge < -0.3 is 10.8 Å². The summed E-state index contributed by atoms with van der Waals surface area (Å²) < 4.78 is 0. The number of carboxylic acids is 1. The van der Waals surface area contributed by atoms with Crippen LogP contribution in [0.15, 0.2) is 24.3 Å². The highest BCUT2D eigenvalue weighted by Crippen LogP contribution is 2.24. The first-order chi connectivity index (χ1) is 7.16. The van der Waals surface area contributed by atoms with Gasteiger partial charge in [0.25, 0.3) is 0 Å². The normalized spacial score (nSPS) is 10.1. The first kappa shape index (κ1) is 9.60. The van der Waals surface area contributed by atoms with E-state index in [2.05, 4.69) is 10.2 Å². The van der Waals surface area contributed by atoms with Gasteiger partial charge in [-0.25, -0.2) is 4.79 Å². The SMILES string of the molecule is Nc1nnc(-c2ccc(C(=O)O)cc2)s1. The highest BCUT2D eigenvalue weighted by molar-refractivity contribution is 7.18. The van der Waals surface area contributed by atoms with Gasteiger partial charge in [0.15, 0.2) is 0 Å². The van der Waals surface area contributed by atoms with E-state index in [0.29, 0.717) is 10.1 Å². The van der Waals surface area contributed by atoms with Crippen molar-refractivity contribution in [1.82, 2.24) is 10.2 Å². The Balaban J connectivity index is 2.35. The molecule has 0 radical (unpaired) electrons. The molecule has 1 aromatic heterocycles. The van der Waals surface area contributed by atoms with Crippen LogP contribution in [0.3, 0.4) is 0 Å². The molecule has 1 aromatic carbocycles. The van der Waals surface area contributed by atoms with Crippen LogP contribution in [-0.4, -0.2) is 21.3 Å². The van der Waals surface area contributed by atoms with Crippen LogP contribution in [-0.2, 0) is 0 Å². The number of aromatic nitrogens is 2. The van der Waals surface area contributed by atoms with Gasteiger partial charge >= 0.3 is 5.97 Å². The Hall–Kier alpha value is -1.95. The van der Waals surface area contributed by atoms with Crippen molar-refractivity contribution >= 4 is 22.4 Å². The molecule has 5 nitrogen and oxygen atoms in total. The second-order valence-electron chi connectivity index (χ2n) is 2.83. The summed E-state index contributed by atoms with van der Waals surface area (Å²) in [4.78, 5) is 10.6. The number of nitrogens with two attached hydrogens (primary N) is 1. The van der Waals surface area contributed by atoms with Gasteiger partial charge in [-0.1, -0.05) is 23.5 Å². The van der Waals surface area contributed by atoms with Crippen LogP contribution < -0.4 is 5.73 Å². The molecule has 0 saturated carbocycles. The number of hydrogen-bond donors (Lipinski definition) is 2. The summed E-state index contributed by atoms with van der Waals surface area (Å²) in [7, 11) is 0. The van der Waals surface area contributed by atoms with E-state index in [1.165, 1.54) is 23.5 Å². The predicted octanol–water partition coefficient (Wildman–Crippen LogP) is 1.49. The predicted molar refractivity (Wildman–Crippen MR) is 56.7 cm³/mol. The van der Waals surface area contributed by atoms with Crippen molar-refractivity contribution in [3.63, 3.8) is 0 Å². The zero-order valence-electron chi connectivity index (χ0n) is 7.54. The minimum Gasteiger partial charge on any atom is -0.478 e. The molecule has 76 valence electrons. The Labute approximate surface area is 89.2 Å². The van der Waals surface area contributed by atoms with Crippen molar-refractivity contribution < 1.29 is 9.90 Å². The van der Waals surface area contributed by atoms with Gasteiger partial charge in [-0.3, -0.25) is 0 Å². The number of carboxylic acid groups (broad SMARTS) is 1. The average molecular weight is 221 g/mol. The third-order valence-electron chi connectivity index (χ3n) is 1.82. The molecule has 0 spiro atoms. The first-order valence-electron chi connectivity index (χ1n) is 4.09. The Kier molecular flexibility index (Phi) is 2.34. The number of carbonyl (C=O) groups is 1. The summed E-state index contributed by atoms with van der Waals surface area (Å²) >= 11 is 1.26. The Morgan fingerprint density at radius 2 is 1.93 bits per heavy atom. The third-order valence-corrected chi connectivity index (χ3v) is 2.62. The first-order valence-corrected chi connectivity index (χ1v) is 4.91. The fourth-order valence-corrected chi connectivity index (χ4v) is 1.72. The summed E-state index contributed by atoms with van der Waals surface area (Å²) in [6.07, 6.45) is 0. The highest BCUT2D eigenvalue weighted by atomic mass is 32.1. The van der Waals surface area contributed by atoms with Crippen LogP contribution >= 0.6 is 11.3 Å². The maximum absolute atomic E-state index is 10.6. The molecule has 0 bridgehead atoms. The molecule has 6 heteroatoms. The van der Waals surface area contributed by atoms with Gasteiger partial charge in [0.05, 0.1) is 5.56 Å². The molecular formula is C9H7N3O2S. The molecule has 2 aromatic rings. The zero-order chi connectivity index (χ0) is 10.8. The molecule has 0 saturated heterocycles. The van der Waals surface area contributed by atoms with Gasteiger partial charge in [0, 0.05) is 5.56 Å². The van der Waals surface area contributed by atoms with Crippen molar-refractivity contribution in [1.29, 1.82) is 0 Å². The number of aromatic carboxylic acids is 1. The van der Waals surface area contributed by atoms with E-state index in [1.54, 1.807) is 12.1 Å². The summed E-state index contributed by atoms with van der Waals surface area (Å²) in [5.41, 5.74) is 6.51. The Bertz CT molecular complexity index is 492. The molecule has 1 heterocycles. The number of benzene rings is 1. The maximum atomic E-state index is 10.6. The number of nitrogens with zero attached hydrogens (tertiary/aromatic N) is 2. The standard InChI is InChI=1S/C9H7N3O2S/c10-9-12-11-7(15-9)5-1-3-6(4-2-5)8(13)14/h1-4H,(H2,10,12)(H,13,14). The molecule has 0 fully saturated rings. The molecular weight excluding hydrogens is 214 g/mol. The van der Waals surface area contributed by atoms with Gasteiger partial charge in [-0.05, 0) is 12.1 Å². The van der Waals surface area contributed by atoms with Crippen LogP contribution in [0.25, 0.3) is 10.6 Å². The monoisotopic (exact) mass is 221 g/mol. The van der Waals surface area contributed by atoms with Crippen LogP contribution in [0.1, 0.15) is 10.4 Å². The van der Waals surface area contributed by atoms with Gasteiger partial charge in [-0.15, -0.1) is 10.2 Å². The van der Waals surface area contributed by atoms with Gasteiger partial charge in [-0.2, -0.15) is 0 Å². The lowest BCUT2D eigenvalue weighted by Crippen LogP contribution is -1.94. The molecule has 0 aliphatic rings. The summed E-state index contributed by atoms with van der Waals surface area (Å²) in [6.45, 7) is 0. The zero-order valence-corrected chi connectivity index (χ0v) is 8.36. The highest BCUT2D eigenvalue weighted by Gasteiger charge is 2.06. The van der Waals surface area contributed by atoms with E-state index in [4.69, 9.17) is 10.8 Å². The molecule has 15 heavy (non-hydrogen) atoms. The maximum Gasteiger partial charge on any atom is 0.335 e. The number of rotatable bonds is 2. The largest absolute Gasteiger partial charge is 0.478 e. The topological polar surface area (TPSA) is 89.1 Å². The number of nitrogen functional groups attached to an aromatic ring is 1. The second-order valence-corrected chi connectivity index (χ2v) is 3.84. The van der Waals surface area contributed by atoms with Crippen molar-refractivity contribution in [2.75, 3.05) is 5.73 Å². The van der Waals surface area contributed by atoms with Crippen molar-refractivity contribution in [2.45, 2.75) is 0 Å². The molecule has 0 atom stereocenters. The summed E-state index contributed by atoms with van der Waals surface area (Å²) in [5, 5.41) is 17.3. The van der Waals surface area contributed by atoms with Crippen LogP contribution in [0.2, 0.25) is 0 Å². The summed E-state index contributed by atoms with van der Waals surface area (Å²) in [5.74, 6) is -0.946. The van der Waals surface area contributed by atoms with Crippen LogP contribution in [0.5, 0.6) is 0 Å². The number of anilines is 1. The van der Waals surface area contributed by atoms with Crippen LogP contribution in [0.4, 0.5) is 5.13 Å². The summed E-state index contributed by atoms with van der Waals surface area (Å²) in [6, 6.07) is 6.41. The molecule has 3 N–H and O–H groups in total. The fraction of sp³-hybridized carbons (Fsp3) is 0. The van der Waals surface area contributed by atoms with Gasteiger partial charge in [0.2, 0.25) is 5.13 Å². The lowest BCUT2D eigenvalue weighted by molar-refractivity contribution is 0.0697. The van der Waals surface area contributed by atoms with Gasteiger partial charge in [0.1, 0.15) is 5.01 Å². The number of hydrogen-bond acceptors (Lipinski definition) is 5. The van der Waals surface area contributed by atoms with Crippen molar-refractivity contribution in [3.8, 4) is 10.6 Å². The molecule has 0 amide bonds. The van der Waals surface area contributed by atoms with E-state index in [1.807, 2.05) is 0 Å². The fourth-order valence-electron chi connectivity index (χ4n) is 1.11. The average Bonchev–Trinajstić information content (AvgIpc) is 2.65. The minimum absolute atomic E-state index is 0.247. The molecule has 0 aliphatic carbocycles. The van der Waals surface area contributed by atoms with E-state index < -0.39 is 5.97 Å².